The molecule has 4 saturated heterocycles. The minimum atomic E-state index is -1.57. The SMILES string of the molecule is CCCCCC1(CCCCC)OC2C3CC4(C(=O)NCc5cccc(C(=O)NCCO)c5)C(ON(Cc5ccccc5C=CCOC5OC(CO)C(O)C(O)C5O)C4C(=O)O3)C2O1. The summed E-state index contributed by atoms with van der Waals surface area (Å²) in [6.45, 7) is 3.68. The van der Waals surface area contributed by atoms with E-state index >= 15 is 0 Å². The Morgan fingerprint density at radius 2 is 1.67 bits per heavy atom. The Morgan fingerprint density at radius 1 is 0.921 bits per heavy atom. The topological polar surface area (TPSA) is 235 Å². The zero-order valence-corrected chi connectivity index (χ0v) is 36.0. The first kappa shape index (κ1) is 47.1. The van der Waals surface area contributed by atoms with Crippen LogP contribution in [0.25, 0.3) is 6.08 Å². The van der Waals surface area contributed by atoms with Crippen molar-refractivity contribution in [2.45, 2.75) is 152 Å². The van der Waals surface area contributed by atoms with Crippen molar-refractivity contribution in [2.75, 3.05) is 26.4 Å². The number of benzene rings is 2. The molecule has 2 aromatic carbocycles. The quantitative estimate of drug-likeness (QED) is 0.0702. The van der Waals surface area contributed by atoms with Crippen LogP contribution in [0.2, 0.25) is 0 Å². The normalized spacial score (nSPS) is 32.1. The molecule has 346 valence electrons. The van der Waals surface area contributed by atoms with E-state index in [0.717, 1.165) is 49.7 Å². The van der Waals surface area contributed by atoms with Crippen LogP contribution in [0.15, 0.2) is 54.6 Å². The van der Waals surface area contributed by atoms with Gasteiger partial charge in [-0.05, 0) is 41.7 Å². The third kappa shape index (κ3) is 9.89. The van der Waals surface area contributed by atoms with Crippen LogP contribution in [0.1, 0.15) is 98.7 Å². The molecule has 2 aromatic rings. The predicted octanol–water partition coefficient (Wildman–Crippen LogP) is 2.00. The van der Waals surface area contributed by atoms with Crippen molar-refractivity contribution in [1.82, 2.24) is 15.7 Å². The molecule has 5 fully saturated rings. The summed E-state index contributed by atoms with van der Waals surface area (Å²) in [6, 6.07) is 13.1. The summed E-state index contributed by atoms with van der Waals surface area (Å²) in [6.07, 6.45) is 0.605. The minimum Gasteiger partial charge on any atom is -0.458 e. The number of ether oxygens (including phenoxy) is 5. The van der Waals surface area contributed by atoms with E-state index in [1.807, 2.05) is 24.3 Å². The lowest BCUT2D eigenvalue weighted by atomic mass is 9.62. The van der Waals surface area contributed by atoms with Crippen molar-refractivity contribution in [3.63, 3.8) is 0 Å². The molecule has 7 N–H and O–H groups in total. The van der Waals surface area contributed by atoms with Gasteiger partial charge in [-0.2, -0.15) is 5.06 Å². The third-order valence-corrected chi connectivity index (χ3v) is 12.9. The van der Waals surface area contributed by atoms with Gasteiger partial charge in [-0.15, -0.1) is 0 Å². The number of unbranched alkanes of at least 4 members (excludes halogenated alkanes) is 4. The largest absolute Gasteiger partial charge is 0.458 e. The van der Waals surface area contributed by atoms with E-state index in [4.69, 9.17) is 28.5 Å². The molecule has 11 atom stereocenters. The van der Waals surface area contributed by atoms with Crippen molar-refractivity contribution in [3.8, 4) is 0 Å². The summed E-state index contributed by atoms with van der Waals surface area (Å²) in [5, 5.41) is 56.7. The number of aliphatic hydroxyl groups excluding tert-OH is 5. The van der Waals surface area contributed by atoms with Crippen LogP contribution in [0, 0.1) is 5.41 Å². The fourth-order valence-electron chi connectivity index (χ4n) is 9.68. The summed E-state index contributed by atoms with van der Waals surface area (Å²) >= 11 is 0. The number of hydrogen-bond acceptors (Lipinski definition) is 15. The van der Waals surface area contributed by atoms with Crippen LogP contribution in [0.4, 0.5) is 0 Å². The Hall–Kier alpha value is -3.85. The molecular formula is C46H63N3O14. The van der Waals surface area contributed by atoms with Gasteiger partial charge in [-0.25, -0.2) is 0 Å². The van der Waals surface area contributed by atoms with Crippen LogP contribution < -0.4 is 10.6 Å². The van der Waals surface area contributed by atoms with E-state index in [2.05, 4.69) is 24.5 Å². The summed E-state index contributed by atoms with van der Waals surface area (Å²) < 4.78 is 31.3. The highest BCUT2D eigenvalue weighted by molar-refractivity contribution is 5.95. The number of carbonyl (C=O) groups is 3. The molecular weight excluding hydrogens is 819 g/mol. The van der Waals surface area contributed by atoms with Crippen molar-refractivity contribution in [3.05, 3.63) is 76.9 Å². The number of aliphatic hydroxyl groups is 5. The lowest BCUT2D eigenvalue weighted by molar-refractivity contribution is -0.298. The summed E-state index contributed by atoms with van der Waals surface area (Å²) in [7, 11) is 0. The van der Waals surface area contributed by atoms with Gasteiger partial charge >= 0.3 is 5.97 Å². The number of hydrogen-bond donors (Lipinski definition) is 7. The van der Waals surface area contributed by atoms with Crippen LogP contribution in [-0.4, -0.2) is 142 Å². The molecule has 11 unspecified atom stereocenters. The maximum absolute atomic E-state index is 15.0. The standard InChI is InChI=1S/C46H63N3O14/c1-3-5-9-18-45(19-10-6-4-2)61-37-32-24-46(44(57)48-25-28-13-11-16-30(23-28)41(55)47-20-21-50)39(42(56)59-32)49(63-40(46)38(37)62-45)26-31-15-8-7-14-29(31)17-12-22-58-43-36(54)35(53)34(52)33(27-51)60-43/h7-8,11-17,23,32-40,43,50-54H,3-6,9-10,18-22,24-27H2,1-2H3,(H,47,55)(H,48,57). The molecule has 4 aliphatic heterocycles. The van der Waals surface area contributed by atoms with Gasteiger partial charge in [-0.1, -0.05) is 88.1 Å². The Labute approximate surface area is 367 Å². The highest BCUT2D eigenvalue weighted by atomic mass is 16.8. The zero-order chi connectivity index (χ0) is 44.7. The monoisotopic (exact) mass is 881 g/mol. The van der Waals surface area contributed by atoms with Crippen LogP contribution in [0.3, 0.4) is 0 Å². The van der Waals surface area contributed by atoms with Crippen LogP contribution >= 0.6 is 0 Å². The second-order valence-corrected chi connectivity index (χ2v) is 17.2. The molecule has 1 aliphatic carbocycles. The van der Waals surface area contributed by atoms with Crippen molar-refractivity contribution < 1.29 is 68.4 Å². The second kappa shape index (κ2) is 21.0. The molecule has 63 heavy (non-hydrogen) atoms. The predicted molar refractivity (Wildman–Crippen MR) is 225 cm³/mol. The highest BCUT2D eigenvalue weighted by Gasteiger charge is 2.76. The average molecular weight is 882 g/mol. The molecule has 17 heteroatoms. The van der Waals surface area contributed by atoms with E-state index in [9.17, 15) is 39.9 Å². The smallest absolute Gasteiger partial charge is 0.327 e. The third-order valence-electron chi connectivity index (χ3n) is 12.9. The molecule has 17 nitrogen and oxygen atoms in total. The number of nitrogens with zero attached hydrogens (tertiary/aromatic N) is 1. The number of rotatable bonds is 21. The Bertz CT molecular complexity index is 1900. The van der Waals surface area contributed by atoms with Crippen molar-refractivity contribution in [2.24, 2.45) is 5.41 Å². The van der Waals surface area contributed by atoms with Gasteiger partial charge in [0.25, 0.3) is 5.91 Å². The molecule has 2 bridgehead atoms. The lowest BCUT2D eigenvalue weighted by Crippen LogP contribution is -2.69. The van der Waals surface area contributed by atoms with Gasteiger partial charge in [0.05, 0.1) is 26.4 Å². The van der Waals surface area contributed by atoms with Gasteiger partial charge in [0.2, 0.25) is 5.91 Å². The fourth-order valence-corrected chi connectivity index (χ4v) is 9.68. The number of fused-ring (bicyclic) bond motifs is 4. The van der Waals surface area contributed by atoms with E-state index < -0.39 is 90.8 Å². The first-order valence-corrected chi connectivity index (χ1v) is 22.4. The van der Waals surface area contributed by atoms with Crippen LogP contribution in [0.5, 0.6) is 0 Å². The van der Waals surface area contributed by atoms with Gasteiger partial charge < -0.3 is 59.9 Å². The van der Waals surface area contributed by atoms with E-state index in [1.54, 1.807) is 36.4 Å². The first-order valence-electron chi connectivity index (χ1n) is 22.4. The van der Waals surface area contributed by atoms with Crippen LogP contribution in [-0.2, 0) is 51.2 Å². The van der Waals surface area contributed by atoms with E-state index in [1.165, 1.54) is 5.06 Å². The molecule has 0 aromatic heterocycles. The minimum absolute atomic E-state index is 0.0586. The zero-order valence-electron chi connectivity index (χ0n) is 36.0. The number of carbonyl (C=O) groups excluding carboxylic acids is 3. The number of esters is 1. The molecule has 7 rings (SSSR count). The van der Waals surface area contributed by atoms with Gasteiger partial charge in [0, 0.05) is 37.9 Å². The second-order valence-electron chi connectivity index (χ2n) is 17.2. The lowest BCUT2D eigenvalue weighted by Gasteiger charge is -2.48. The fraction of sp³-hybridized carbons (Fsp3) is 0.630. The summed E-state index contributed by atoms with van der Waals surface area (Å²) in [5.74, 6) is -2.30. The van der Waals surface area contributed by atoms with E-state index in [-0.39, 0.29) is 45.2 Å². The summed E-state index contributed by atoms with van der Waals surface area (Å²) in [4.78, 5) is 48.9. The average Bonchev–Trinajstić information content (AvgIpc) is 3.85. The molecule has 5 aliphatic rings. The molecule has 4 heterocycles. The number of hydroxylamine groups is 2. The van der Waals surface area contributed by atoms with Gasteiger partial charge in [-0.3, -0.25) is 19.2 Å². The number of nitrogens with one attached hydrogen (secondary N) is 2. The molecule has 0 radical (unpaired) electrons. The molecule has 1 saturated carbocycles. The number of amides is 2. The van der Waals surface area contributed by atoms with Gasteiger partial charge in [0.15, 0.2) is 18.1 Å². The first-order chi connectivity index (χ1) is 30.5. The van der Waals surface area contributed by atoms with Crippen molar-refractivity contribution in [1.29, 1.82) is 0 Å². The Kier molecular flexibility index (Phi) is 15.7. The highest BCUT2D eigenvalue weighted by Crippen LogP contribution is 2.58. The van der Waals surface area contributed by atoms with E-state index in [0.29, 0.717) is 24.0 Å². The molecule has 2 amide bonds. The maximum Gasteiger partial charge on any atom is 0.327 e. The van der Waals surface area contributed by atoms with Gasteiger partial charge in [0.1, 0.15) is 54.2 Å². The maximum atomic E-state index is 15.0. The summed E-state index contributed by atoms with van der Waals surface area (Å²) in [5.41, 5.74) is 1.08. The Morgan fingerprint density at radius 3 is 2.40 bits per heavy atom. The Balaban J connectivity index is 1.15. The molecule has 0 spiro atoms. The van der Waals surface area contributed by atoms with Crippen molar-refractivity contribution >= 4 is 23.9 Å².